The van der Waals surface area contributed by atoms with Gasteiger partial charge in [0.15, 0.2) is 0 Å². The van der Waals surface area contributed by atoms with Gasteiger partial charge in [0.05, 0.1) is 12.1 Å². The van der Waals surface area contributed by atoms with Gasteiger partial charge in [-0.05, 0) is 25.7 Å². The molecule has 8 heteroatoms. The van der Waals surface area contributed by atoms with Crippen molar-refractivity contribution in [1.82, 2.24) is 9.55 Å². The van der Waals surface area contributed by atoms with Crippen molar-refractivity contribution in [2.45, 2.75) is 31.9 Å². The first-order valence-corrected chi connectivity index (χ1v) is 6.09. The van der Waals surface area contributed by atoms with E-state index in [1.807, 2.05) is 0 Å². The average molecular weight is 288 g/mol. The second-order valence-corrected chi connectivity index (χ2v) is 5.57. The van der Waals surface area contributed by atoms with E-state index in [4.69, 9.17) is 0 Å². The minimum Gasteiger partial charge on any atom is -0.412 e. The molecule has 1 aromatic rings. The summed E-state index contributed by atoms with van der Waals surface area (Å²) in [5.41, 5.74) is -0.653. The van der Waals surface area contributed by atoms with Gasteiger partial charge in [-0.2, -0.15) is 0 Å². The number of aryl methyl sites for hydroxylation is 1. The number of nitrogens with one attached hydrogen (secondary N) is 1. The van der Waals surface area contributed by atoms with E-state index in [1.165, 1.54) is 10.8 Å². The molecule has 2 fully saturated rings. The van der Waals surface area contributed by atoms with Crippen LogP contribution in [0.15, 0.2) is 15.8 Å². The summed E-state index contributed by atoms with van der Waals surface area (Å²) in [7, 11) is 0. The molecule has 2 saturated carbocycles. The molecule has 0 amide bonds. The number of hydrogen-bond donors (Lipinski definition) is 3. The highest BCUT2D eigenvalue weighted by Crippen LogP contribution is 2.66. The molecule has 7 N–H and O–H groups in total. The standard InChI is InChI=1S/C12H16N2O4.2H2O/c1-6-4-14(11(18)13-10(6)17)9-7-2-12(7,5-15)3-8(9)16;;/h4,7-9,15-16H,2-3,5H2,1H3,(H,13,17,18);2*1H2/t7-,8-,9-,12+;;/m0../s1. The summed E-state index contributed by atoms with van der Waals surface area (Å²) in [4.78, 5) is 25.4. The number of aliphatic hydroxyl groups excluding tert-OH is 2. The fourth-order valence-electron chi connectivity index (χ4n) is 3.34. The predicted octanol–water partition coefficient (Wildman–Crippen LogP) is -2.50. The predicted molar refractivity (Wildman–Crippen MR) is 70.6 cm³/mol. The van der Waals surface area contributed by atoms with E-state index in [1.54, 1.807) is 6.92 Å². The number of H-pyrrole nitrogens is 1. The van der Waals surface area contributed by atoms with Crippen LogP contribution >= 0.6 is 0 Å². The number of aromatic amines is 1. The van der Waals surface area contributed by atoms with E-state index in [2.05, 4.69) is 4.98 Å². The van der Waals surface area contributed by atoms with Crippen molar-refractivity contribution in [2.24, 2.45) is 11.3 Å². The molecule has 3 rings (SSSR count). The largest absolute Gasteiger partial charge is 0.412 e. The number of nitrogens with zero attached hydrogens (tertiary/aromatic N) is 1. The Morgan fingerprint density at radius 3 is 2.60 bits per heavy atom. The summed E-state index contributed by atoms with van der Waals surface area (Å²) in [6, 6.07) is -0.333. The lowest BCUT2D eigenvalue weighted by Crippen LogP contribution is -2.37. The highest BCUT2D eigenvalue weighted by Gasteiger charge is 2.65. The van der Waals surface area contributed by atoms with E-state index in [0.29, 0.717) is 12.0 Å². The zero-order valence-corrected chi connectivity index (χ0v) is 11.1. The Morgan fingerprint density at radius 1 is 1.40 bits per heavy atom. The molecule has 1 aromatic heterocycles. The normalized spacial score (nSPS) is 33.9. The highest BCUT2D eigenvalue weighted by molar-refractivity contribution is 5.16. The van der Waals surface area contributed by atoms with Crippen molar-refractivity contribution in [1.29, 1.82) is 0 Å². The Kier molecular flexibility index (Phi) is 4.25. The maximum Gasteiger partial charge on any atom is 0.328 e. The van der Waals surface area contributed by atoms with Gasteiger partial charge in [0.25, 0.3) is 5.56 Å². The Labute approximate surface area is 114 Å². The molecule has 0 aromatic carbocycles. The molecule has 4 atom stereocenters. The topological polar surface area (TPSA) is 158 Å². The van der Waals surface area contributed by atoms with Crippen LogP contribution in [0.1, 0.15) is 24.4 Å². The van der Waals surface area contributed by atoms with Crippen LogP contribution in [0, 0.1) is 18.3 Å². The summed E-state index contributed by atoms with van der Waals surface area (Å²) < 4.78 is 1.41. The van der Waals surface area contributed by atoms with Gasteiger partial charge < -0.3 is 21.2 Å². The summed E-state index contributed by atoms with van der Waals surface area (Å²) in [6.07, 6.45) is 2.21. The molecule has 2 aliphatic carbocycles. The smallest absolute Gasteiger partial charge is 0.328 e. The molecule has 0 aliphatic heterocycles. The van der Waals surface area contributed by atoms with Gasteiger partial charge in [-0.25, -0.2) is 4.79 Å². The highest BCUT2D eigenvalue weighted by atomic mass is 16.3. The second kappa shape index (κ2) is 5.13. The maximum absolute atomic E-state index is 11.8. The van der Waals surface area contributed by atoms with Crippen LogP contribution in [-0.2, 0) is 0 Å². The number of aliphatic hydroxyl groups is 2. The van der Waals surface area contributed by atoms with E-state index in [0.717, 1.165) is 6.42 Å². The molecule has 114 valence electrons. The molecule has 1 heterocycles. The number of fused-ring (bicyclic) bond motifs is 1. The molecule has 20 heavy (non-hydrogen) atoms. The van der Waals surface area contributed by atoms with Crippen LogP contribution in [0.4, 0.5) is 0 Å². The first-order valence-electron chi connectivity index (χ1n) is 6.09. The van der Waals surface area contributed by atoms with E-state index in [9.17, 15) is 19.8 Å². The van der Waals surface area contributed by atoms with Crippen LogP contribution < -0.4 is 11.2 Å². The monoisotopic (exact) mass is 288 g/mol. The molecule has 2 aliphatic rings. The van der Waals surface area contributed by atoms with Crippen LogP contribution in [0.5, 0.6) is 0 Å². The van der Waals surface area contributed by atoms with Gasteiger partial charge in [0.2, 0.25) is 0 Å². The van der Waals surface area contributed by atoms with Crippen molar-refractivity contribution < 1.29 is 21.2 Å². The van der Waals surface area contributed by atoms with E-state index in [-0.39, 0.29) is 34.9 Å². The van der Waals surface area contributed by atoms with Crippen molar-refractivity contribution in [2.75, 3.05) is 6.61 Å². The summed E-state index contributed by atoms with van der Waals surface area (Å²) in [5, 5.41) is 19.4. The van der Waals surface area contributed by atoms with Gasteiger partial charge in [-0.15, -0.1) is 0 Å². The van der Waals surface area contributed by atoms with Crippen LogP contribution in [-0.4, -0.2) is 43.4 Å². The molecular weight excluding hydrogens is 268 g/mol. The Bertz CT molecular complexity index is 609. The lowest BCUT2D eigenvalue weighted by atomic mass is 10.0. The number of hydrogen-bond acceptors (Lipinski definition) is 4. The Hall–Kier alpha value is -1.48. The lowest BCUT2D eigenvalue weighted by molar-refractivity contribution is 0.103. The SMILES string of the molecule is Cc1cn([C@@H]2[C@@H](O)C[C@@]3(CO)C[C@@H]23)c(=O)[nH]c1=O.O.O. The zero-order chi connectivity index (χ0) is 13.1. The molecule has 8 nitrogen and oxygen atoms in total. The molecule has 0 bridgehead atoms. The first-order chi connectivity index (χ1) is 8.48. The summed E-state index contributed by atoms with van der Waals surface area (Å²) >= 11 is 0. The van der Waals surface area contributed by atoms with Crippen molar-refractivity contribution >= 4 is 0 Å². The number of rotatable bonds is 2. The Balaban J connectivity index is 0.000001000. The van der Waals surface area contributed by atoms with Gasteiger partial charge in [0.1, 0.15) is 0 Å². The maximum atomic E-state index is 11.8. The first kappa shape index (κ1) is 16.6. The molecule has 0 spiro atoms. The van der Waals surface area contributed by atoms with Crippen molar-refractivity contribution in [3.63, 3.8) is 0 Å². The molecular formula is C12H20N2O6. The third-order valence-corrected chi connectivity index (χ3v) is 4.46. The molecule has 0 saturated heterocycles. The fourth-order valence-corrected chi connectivity index (χ4v) is 3.34. The van der Waals surface area contributed by atoms with Crippen LogP contribution in [0.2, 0.25) is 0 Å². The van der Waals surface area contributed by atoms with E-state index >= 15 is 0 Å². The third kappa shape index (κ3) is 2.10. The minimum absolute atomic E-state index is 0. The number of aromatic nitrogens is 2. The van der Waals surface area contributed by atoms with Gasteiger partial charge >= 0.3 is 5.69 Å². The second-order valence-electron chi connectivity index (χ2n) is 5.57. The van der Waals surface area contributed by atoms with Crippen molar-refractivity contribution in [3.05, 3.63) is 32.6 Å². The van der Waals surface area contributed by atoms with Gasteiger partial charge in [0, 0.05) is 23.8 Å². The molecule has 0 radical (unpaired) electrons. The third-order valence-electron chi connectivity index (χ3n) is 4.46. The molecule has 0 unspecified atom stereocenters. The average Bonchev–Trinajstić information content (AvgIpc) is 2.93. The quantitative estimate of drug-likeness (QED) is 0.549. The van der Waals surface area contributed by atoms with Crippen LogP contribution in [0.25, 0.3) is 0 Å². The van der Waals surface area contributed by atoms with Gasteiger partial charge in [-0.1, -0.05) is 0 Å². The minimum atomic E-state index is -0.640. The lowest BCUT2D eigenvalue weighted by Gasteiger charge is -2.20. The van der Waals surface area contributed by atoms with Gasteiger partial charge in [-0.3, -0.25) is 14.3 Å². The van der Waals surface area contributed by atoms with E-state index < -0.39 is 17.4 Å². The van der Waals surface area contributed by atoms with Crippen LogP contribution in [0.3, 0.4) is 0 Å². The Morgan fingerprint density at radius 2 is 2.05 bits per heavy atom. The van der Waals surface area contributed by atoms with Crippen molar-refractivity contribution in [3.8, 4) is 0 Å². The summed E-state index contributed by atoms with van der Waals surface area (Å²) in [6.45, 7) is 1.67. The summed E-state index contributed by atoms with van der Waals surface area (Å²) in [5.74, 6) is 0.125. The zero-order valence-electron chi connectivity index (χ0n) is 11.1. The fraction of sp³-hybridized carbons (Fsp3) is 0.667.